The lowest BCUT2D eigenvalue weighted by atomic mass is 10.1. The number of hydrogen-bond donors (Lipinski definition) is 1. The number of anilines is 1. The molecule has 1 N–H and O–H groups in total. The van der Waals surface area contributed by atoms with Crippen LogP contribution in [-0.4, -0.2) is 51.9 Å². The van der Waals surface area contributed by atoms with Crippen LogP contribution < -0.4 is 10.9 Å². The van der Waals surface area contributed by atoms with Crippen LogP contribution in [0.1, 0.15) is 31.4 Å². The summed E-state index contributed by atoms with van der Waals surface area (Å²) in [6, 6.07) is 7.13. The smallest absolute Gasteiger partial charge is 0.409 e. The van der Waals surface area contributed by atoms with Crippen LogP contribution in [0.15, 0.2) is 39.6 Å². The number of thiophene rings is 1. The van der Waals surface area contributed by atoms with Crippen LogP contribution in [0.3, 0.4) is 0 Å². The number of benzene rings is 1. The molecule has 180 valence electrons. The van der Waals surface area contributed by atoms with E-state index in [1.54, 1.807) is 28.5 Å². The molecule has 3 heterocycles. The molecule has 0 saturated carbocycles. The summed E-state index contributed by atoms with van der Waals surface area (Å²) in [5, 5.41) is 5.63. The zero-order valence-corrected chi connectivity index (χ0v) is 21.3. The number of hydrogen-bond acceptors (Lipinski definition) is 7. The molecule has 1 aliphatic heterocycles. The molecule has 1 aromatic carbocycles. The maximum absolute atomic E-state index is 13.3. The third-order valence-corrected chi connectivity index (χ3v) is 7.72. The topological polar surface area (TPSA) is 93.5 Å². The first kappa shape index (κ1) is 24.6. The summed E-state index contributed by atoms with van der Waals surface area (Å²) in [5.74, 6) is -0.160. The van der Waals surface area contributed by atoms with Crippen molar-refractivity contribution in [3.8, 4) is 0 Å². The van der Waals surface area contributed by atoms with Crippen LogP contribution >= 0.6 is 34.7 Å². The summed E-state index contributed by atoms with van der Waals surface area (Å²) in [7, 11) is 0. The van der Waals surface area contributed by atoms with Crippen LogP contribution in [0.4, 0.5) is 10.5 Å². The number of aryl methyl sites for hydroxylation is 1. The van der Waals surface area contributed by atoms with E-state index in [1.807, 2.05) is 24.4 Å². The molecule has 1 aliphatic rings. The molecule has 0 bridgehead atoms. The van der Waals surface area contributed by atoms with Gasteiger partial charge in [-0.25, -0.2) is 9.78 Å². The number of carbonyl (C=O) groups is 2. The van der Waals surface area contributed by atoms with E-state index in [9.17, 15) is 14.4 Å². The molecule has 2 amide bonds. The normalized spacial score (nSPS) is 14.4. The Morgan fingerprint density at radius 1 is 1.29 bits per heavy atom. The Balaban J connectivity index is 1.52. The van der Waals surface area contributed by atoms with E-state index in [2.05, 4.69) is 10.3 Å². The summed E-state index contributed by atoms with van der Waals surface area (Å²) in [5.41, 5.74) is 2.06. The molecule has 0 atom stereocenters. The van der Waals surface area contributed by atoms with Gasteiger partial charge in [-0.1, -0.05) is 29.4 Å². The number of likely N-dealkylation sites (tertiary alicyclic amines) is 1. The molecule has 8 nitrogen and oxygen atoms in total. The zero-order chi connectivity index (χ0) is 24.2. The van der Waals surface area contributed by atoms with Crippen LogP contribution in [-0.2, 0) is 9.53 Å². The van der Waals surface area contributed by atoms with E-state index in [-0.39, 0.29) is 29.4 Å². The van der Waals surface area contributed by atoms with E-state index in [0.29, 0.717) is 58.6 Å². The highest BCUT2D eigenvalue weighted by Gasteiger charge is 2.28. The van der Waals surface area contributed by atoms with Gasteiger partial charge in [0.1, 0.15) is 4.70 Å². The molecular weight excluding hydrogens is 496 g/mol. The SMILES string of the molecule is CCOC(=O)N1CCC(n2c(SCC(=O)Nc3ccc(C)cc3Cl)nc3ccsc3c2=O)CC1. The predicted molar refractivity (Wildman–Crippen MR) is 136 cm³/mol. The maximum Gasteiger partial charge on any atom is 0.409 e. The number of nitrogens with one attached hydrogen (secondary N) is 1. The molecule has 0 aliphatic carbocycles. The second kappa shape index (κ2) is 10.8. The lowest BCUT2D eigenvalue weighted by Crippen LogP contribution is -2.41. The van der Waals surface area contributed by atoms with Crippen molar-refractivity contribution in [3.05, 3.63) is 50.6 Å². The molecule has 34 heavy (non-hydrogen) atoms. The number of amides is 2. The quantitative estimate of drug-likeness (QED) is 0.365. The summed E-state index contributed by atoms with van der Waals surface area (Å²) < 4.78 is 7.38. The highest BCUT2D eigenvalue weighted by Crippen LogP contribution is 2.29. The average molecular weight is 521 g/mol. The van der Waals surface area contributed by atoms with Gasteiger partial charge < -0.3 is 15.0 Å². The minimum atomic E-state index is -0.332. The van der Waals surface area contributed by atoms with Gasteiger partial charge in [0, 0.05) is 19.1 Å². The second-order valence-corrected chi connectivity index (χ2v) is 10.2. The molecule has 0 radical (unpaired) electrons. The Bertz CT molecular complexity index is 1270. The Morgan fingerprint density at radius 2 is 2.06 bits per heavy atom. The Kier molecular flexibility index (Phi) is 7.80. The van der Waals surface area contributed by atoms with Gasteiger partial charge in [-0.05, 0) is 55.8 Å². The van der Waals surface area contributed by atoms with Gasteiger partial charge in [-0.2, -0.15) is 0 Å². The molecule has 11 heteroatoms. The third-order valence-electron chi connectivity index (χ3n) is 5.57. The minimum Gasteiger partial charge on any atom is -0.450 e. The maximum atomic E-state index is 13.3. The Morgan fingerprint density at radius 3 is 2.76 bits per heavy atom. The van der Waals surface area contributed by atoms with E-state index in [4.69, 9.17) is 16.3 Å². The van der Waals surface area contributed by atoms with Crippen molar-refractivity contribution in [2.24, 2.45) is 0 Å². The number of rotatable bonds is 6. The fourth-order valence-electron chi connectivity index (χ4n) is 3.89. The van der Waals surface area contributed by atoms with Crippen molar-refractivity contribution < 1.29 is 14.3 Å². The van der Waals surface area contributed by atoms with Crippen molar-refractivity contribution in [2.45, 2.75) is 37.9 Å². The molecule has 0 unspecified atom stereocenters. The average Bonchev–Trinajstić information content (AvgIpc) is 3.29. The van der Waals surface area contributed by atoms with Gasteiger partial charge >= 0.3 is 6.09 Å². The summed E-state index contributed by atoms with van der Waals surface area (Å²) in [6.07, 6.45) is 0.882. The lowest BCUT2D eigenvalue weighted by Gasteiger charge is -2.32. The Hall–Kier alpha value is -2.56. The second-order valence-electron chi connectivity index (χ2n) is 7.94. The van der Waals surface area contributed by atoms with E-state index in [1.165, 1.54) is 23.1 Å². The van der Waals surface area contributed by atoms with Gasteiger partial charge in [0.2, 0.25) is 5.91 Å². The van der Waals surface area contributed by atoms with Crippen LogP contribution in [0.25, 0.3) is 10.2 Å². The molecule has 2 aromatic heterocycles. The van der Waals surface area contributed by atoms with E-state index >= 15 is 0 Å². The monoisotopic (exact) mass is 520 g/mol. The van der Waals surface area contributed by atoms with Gasteiger partial charge in [-0.15, -0.1) is 11.3 Å². The number of fused-ring (bicyclic) bond motifs is 1. The largest absolute Gasteiger partial charge is 0.450 e. The fourth-order valence-corrected chi connectivity index (χ4v) is 5.80. The highest BCUT2D eigenvalue weighted by molar-refractivity contribution is 7.99. The lowest BCUT2D eigenvalue weighted by molar-refractivity contribution is -0.113. The molecule has 3 aromatic rings. The van der Waals surface area contributed by atoms with Crippen molar-refractivity contribution in [3.63, 3.8) is 0 Å². The molecular formula is C23H25ClN4O4S2. The summed E-state index contributed by atoms with van der Waals surface area (Å²) >= 11 is 8.81. The van der Waals surface area contributed by atoms with Crippen LogP contribution in [0.2, 0.25) is 5.02 Å². The van der Waals surface area contributed by atoms with Gasteiger partial charge in [0.25, 0.3) is 5.56 Å². The number of halogens is 1. The van der Waals surface area contributed by atoms with Crippen molar-refractivity contribution >= 4 is 62.6 Å². The number of carbonyl (C=O) groups excluding carboxylic acids is 2. The first-order valence-corrected chi connectivity index (χ1v) is 13.2. The first-order valence-electron chi connectivity index (χ1n) is 11.0. The summed E-state index contributed by atoms with van der Waals surface area (Å²) in [6.45, 7) is 5.02. The van der Waals surface area contributed by atoms with Crippen molar-refractivity contribution in [1.29, 1.82) is 0 Å². The summed E-state index contributed by atoms with van der Waals surface area (Å²) in [4.78, 5) is 44.4. The van der Waals surface area contributed by atoms with Crippen LogP contribution in [0, 0.1) is 6.92 Å². The molecule has 4 rings (SSSR count). The predicted octanol–water partition coefficient (Wildman–Crippen LogP) is 4.94. The third kappa shape index (κ3) is 5.39. The molecule has 0 spiro atoms. The van der Waals surface area contributed by atoms with E-state index in [0.717, 1.165) is 5.56 Å². The van der Waals surface area contributed by atoms with Gasteiger partial charge in [0.15, 0.2) is 5.16 Å². The highest BCUT2D eigenvalue weighted by atomic mass is 35.5. The number of aromatic nitrogens is 2. The van der Waals surface area contributed by atoms with Gasteiger partial charge in [-0.3, -0.25) is 14.2 Å². The number of thioether (sulfide) groups is 1. The van der Waals surface area contributed by atoms with Crippen LogP contribution in [0.5, 0.6) is 0 Å². The van der Waals surface area contributed by atoms with Crippen molar-refractivity contribution in [2.75, 3.05) is 30.8 Å². The molecule has 1 fully saturated rings. The Labute approximate surface area is 210 Å². The minimum absolute atomic E-state index is 0.0773. The van der Waals surface area contributed by atoms with E-state index < -0.39 is 0 Å². The molecule has 1 saturated heterocycles. The first-order chi connectivity index (χ1) is 16.4. The number of piperidine rings is 1. The van der Waals surface area contributed by atoms with Gasteiger partial charge in [0.05, 0.1) is 28.6 Å². The number of nitrogens with zero attached hydrogens (tertiary/aromatic N) is 3. The zero-order valence-electron chi connectivity index (χ0n) is 18.9. The number of ether oxygens (including phenoxy) is 1. The fraction of sp³-hybridized carbons (Fsp3) is 0.391. The van der Waals surface area contributed by atoms with Crippen molar-refractivity contribution in [1.82, 2.24) is 14.5 Å². The standard InChI is InChI=1S/C23H25ClN4O4S2/c1-3-32-23(31)27-9-6-15(7-10-27)28-21(30)20-18(8-11-33-20)26-22(28)34-13-19(29)25-17-5-4-14(2)12-16(17)24/h4-5,8,11-12,15H,3,6-7,9-10,13H2,1-2H3,(H,25,29).